The molecule has 0 fully saturated rings. The number of allylic oxidation sites excluding steroid dienone is 2. The van der Waals surface area contributed by atoms with Crippen molar-refractivity contribution >= 4 is 44.6 Å². The topological polar surface area (TPSA) is 58.2 Å². The van der Waals surface area contributed by atoms with Crippen molar-refractivity contribution in [2.45, 2.75) is 30.2 Å². The monoisotopic (exact) mass is 484 g/mol. The van der Waals surface area contributed by atoms with Gasteiger partial charge in [0.25, 0.3) is 10.0 Å². The summed E-state index contributed by atoms with van der Waals surface area (Å²) in [5.41, 5.74) is 4.69. The molecule has 0 radical (unpaired) electrons. The van der Waals surface area contributed by atoms with Gasteiger partial charge in [-0.15, -0.1) is 0 Å². The molecule has 1 aliphatic heterocycles. The van der Waals surface area contributed by atoms with Crippen LogP contribution >= 0.6 is 23.2 Å². The van der Waals surface area contributed by atoms with Crippen molar-refractivity contribution in [2.75, 3.05) is 10.0 Å². The van der Waals surface area contributed by atoms with Crippen LogP contribution in [0.2, 0.25) is 10.0 Å². The van der Waals surface area contributed by atoms with E-state index >= 15 is 0 Å². The second-order valence-electron chi connectivity index (χ2n) is 8.37. The van der Waals surface area contributed by atoms with E-state index in [0.29, 0.717) is 10.9 Å². The number of fused-ring (bicyclic) bond motifs is 3. The molecular weight excluding hydrogens is 463 g/mol. The van der Waals surface area contributed by atoms with Gasteiger partial charge in [-0.3, -0.25) is 4.72 Å². The Labute approximate surface area is 198 Å². The molecule has 0 aromatic heterocycles. The van der Waals surface area contributed by atoms with E-state index < -0.39 is 10.0 Å². The summed E-state index contributed by atoms with van der Waals surface area (Å²) < 4.78 is 28.8. The normalized spacial score (nSPS) is 21.5. The van der Waals surface area contributed by atoms with Gasteiger partial charge in [0.1, 0.15) is 0 Å². The van der Waals surface area contributed by atoms with Crippen LogP contribution in [-0.2, 0) is 10.0 Å². The fourth-order valence-electron chi connectivity index (χ4n) is 4.71. The first-order chi connectivity index (χ1) is 15.3. The summed E-state index contributed by atoms with van der Waals surface area (Å²) in [5.74, 6) is 0.485. The van der Waals surface area contributed by atoms with E-state index in [1.54, 1.807) is 24.3 Å². The average Bonchev–Trinajstić information content (AvgIpc) is 3.25. The Bertz CT molecular complexity index is 1340. The van der Waals surface area contributed by atoms with Crippen molar-refractivity contribution in [3.8, 4) is 0 Å². The summed E-state index contributed by atoms with van der Waals surface area (Å²) in [6.07, 6.45) is 5.34. The van der Waals surface area contributed by atoms with E-state index in [9.17, 15) is 8.42 Å². The summed E-state index contributed by atoms with van der Waals surface area (Å²) in [6, 6.07) is 18.7. The molecule has 7 heteroatoms. The molecule has 3 atom stereocenters. The quantitative estimate of drug-likeness (QED) is 0.394. The number of anilines is 2. The lowest BCUT2D eigenvalue weighted by Gasteiger charge is -2.37. The molecule has 5 rings (SSSR count). The molecule has 164 valence electrons. The van der Waals surface area contributed by atoms with Crippen molar-refractivity contribution in [3.05, 3.63) is 99.6 Å². The number of benzene rings is 3. The number of aryl methyl sites for hydroxylation is 1. The second-order valence-corrected chi connectivity index (χ2v) is 10.9. The smallest absolute Gasteiger partial charge is 0.261 e. The molecule has 0 unspecified atom stereocenters. The van der Waals surface area contributed by atoms with Gasteiger partial charge in [-0.2, -0.15) is 0 Å². The molecule has 0 spiro atoms. The number of halogens is 2. The highest BCUT2D eigenvalue weighted by molar-refractivity contribution is 7.92. The van der Waals surface area contributed by atoms with Gasteiger partial charge in [-0.1, -0.05) is 65.2 Å². The molecule has 3 aromatic carbocycles. The predicted octanol–water partition coefficient (Wildman–Crippen LogP) is 6.93. The molecule has 1 aliphatic carbocycles. The van der Waals surface area contributed by atoms with Gasteiger partial charge in [0.2, 0.25) is 0 Å². The van der Waals surface area contributed by atoms with E-state index in [4.69, 9.17) is 23.2 Å². The zero-order valence-electron chi connectivity index (χ0n) is 17.3. The molecule has 4 nitrogen and oxygen atoms in total. The highest BCUT2D eigenvalue weighted by Crippen LogP contribution is 2.50. The molecule has 2 N–H and O–H groups in total. The summed E-state index contributed by atoms with van der Waals surface area (Å²) in [5, 5.41) is 4.36. The minimum absolute atomic E-state index is 0.154. The third kappa shape index (κ3) is 3.90. The van der Waals surface area contributed by atoms with Gasteiger partial charge in [-0.05, 0) is 66.8 Å². The Morgan fingerprint density at radius 3 is 2.69 bits per heavy atom. The zero-order chi connectivity index (χ0) is 22.5. The van der Waals surface area contributed by atoms with Gasteiger partial charge in [-0.25, -0.2) is 8.42 Å². The first-order valence-electron chi connectivity index (χ1n) is 10.4. The lowest BCUT2D eigenvalue weighted by molar-refractivity contribution is 0.425. The number of sulfonamides is 1. The third-order valence-corrected chi connectivity index (χ3v) is 8.15. The van der Waals surface area contributed by atoms with Crippen LogP contribution in [0.25, 0.3) is 0 Å². The van der Waals surface area contributed by atoms with Crippen molar-refractivity contribution < 1.29 is 8.42 Å². The minimum atomic E-state index is -3.83. The van der Waals surface area contributed by atoms with Crippen LogP contribution in [0.1, 0.15) is 35.1 Å². The largest absolute Gasteiger partial charge is 0.378 e. The zero-order valence-corrected chi connectivity index (χ0v) is 19.7. The molecule has 1 heterocycles. The van der Waals surface area contributed by atoms with E-state index in [1.807, 2.05) is 6.07 Å². The molecule has 3 aromatic rings. The van der Waals surface area contributed by atoms with E-state index in [0.717, 1.165) is 17.7 Å². The summed E-state index contributed by atoms with van der Waals surface area (Å²) in [6.45, 7) is 2.10. The standard InChI is InChI=1S/C25H22Cl2N2O2S/c1-15-4-2-5-16(12-15)25-20-7-3-6-19(20)21-14-18(9-11-23(21)28-25)32(30,31)29-24-13-17(26)8-10-22(24)27/h2-6,8-14,19-20,25,28-29H,7H2,1H3/t19-,20-,25+/m1/s1. The highest BCUT2D eigenvalue weighted by Gasteiger charge is 2.38. The molecule has 0 saturated heterocycles. The Morgan fingerprint density at radius 2 is 1.88 bits per heavy atom. The molecule has 0 bridgehead atoms. The molecule has 2 aliphatic rings. The number of hydrogen-bond donors (Lipinski definition) is 2. The molecular formula is C25H22Cl2N2O2S. The van der Waals surface area contributed by atoms with Crippen molar-refractivity contribution in [3.63, 3.8) is 0 Å². The van der Waals surface area contributed by atoms with Gasteiger partial charge in [0.15, 0.2) is 0 Å². The van der Waals surface area contributed by atoms with Crippen LogP contribution in [0.3, 0.4) is 0 Å². The fourth-order valence-corrected chi connectivity index (χ4v) is 6.21. The maximum atomic E-state index is 13.1. The maximum absolute atomic E-state index is 13.1. The highest BCUT2D eigenvalue weighted by atomic mass is 35.5. The number of hydrogen-bond acceptors (Lipinski definition) is 3. The third-order valence-electron chi connectivity index (χ3n) is 6.22. The van der Waals surface area contributed by atoms with Crippen molar-refractivity contribution in [1.82, 2.24) is 0 Å². The van der Waals surface area contributed by atoms with Crippen LogP contribution in [-0.4, -0.2) is 8.42 Å². The van der Waals surface area contributed by atoms with Crippen LogP contribution in [0.15, 0.2) is 77.7 Å². The fraction of sp³-hybridized carbons (Fsp3) is 0.200. The number of rotatable bonds is 4. The molecule has 32 heavy (non-hydrogen) atoms. The first kappa shape index (κ1) is 21.4. The second kappa shape index (κ2) is 8.14. The van der Waals surface area contributed by atoms with Gasteiger partial charge >= 0.3 is 0 Å². The summed E-state index contributed by atoms with van der Waals surface area (Å²) in [7, 11) is -3.83. The Balaban J connectivity index is 1.50. The summed E-state index contributed by atoms with van der Waals surface area (Å²) >= 11 is 12.2. The van der Waals surface area contributed by atoms with Gasteiger partial charge in [0.05, 0.1) is 21.6 Å². The Kier molecular flexibility index (Phi) is 5.44. The lowest BCUT2D eigenvalue weighted by atomic mass is 9.77. The Morgan fingerprint density at radius 1 is 1.03 bits per heavy atom. The SMILES string of the molecule is Cc1cccc([C@@H]2Nc3ccc(S(=O)(=O)Nc4cc(Cl)ccc4Cl)cc3[C@@H]3C=CC[C@H]32)c1. The Hall–Kier alpha value is -2.47. The van der Waals surface area contributed by atoms with Crippen LogP contribution in [0, 0.1) is 12.8 Å². The van der Waals surface area contributed by atoms with Crippen LogP contribution < -0.4 is 10.0 Å². The lowest BCUT2D eigenvalue weighted by Crippen LogP contribution is -2.29. The first-order valence-corrected chi connectivity index (χ1v) is 12.7. The predicted molar refractivity (Wildman–Crippen MR) is 131 cm³/mol. The maximum Gasteiger partial charge on any atom is 0.261 e. The van der Waals surface area contributed by atoms with E-state index in [1.165, 1.54) is 17.2 Å². The number of nitrogens with one attached hydrogen (secondary N) is 2. The summed E-state index contributed by atoms with van der Waals surface area (Å²) in [4.78, 5) is 0.196. The van der Waals surface area contributed by atoms with Crippen molar-refractivity contribution in [1.29, 1.82) is 0 Å². The van der Waals surface area contributed by atoms with Gasteiger partial charge in [0, 0.05) is 16.6 Å². The average molecular weight is 485 g/mol. The minimum Gasteiger partial charge on any atom is -0.378 e. The van der Waals surface area contributed by atoms with Crippen LogP contribution in [0.4, 0.5) is 11.4 Å². The van der Waals surface area contributed by atoms with E-state index in [-0.39, 0.29) is 27.6 Å². The van der Waals surface area contributed by atoms with Crippen molar-refractivity contribution in [2.24, 2.45) is 5.92 Å². The van der Waals surface area contributed by atoms with Crippen LogP contribution in [0.5, 0.6) is 0 Å². The molecule has 0 saturated carbocycles. The van der Waals surface area contributed by atoms with E-state index in [2.05, 4.69) is 53.4 Å². The molecule has 0 amide bonds. The van der Waals surface area contributed by atoms with Gasteiger partial charge < -0.3 is 5.32 Å².